The van der Waals surface area contributed by atoms with Gasteiger partial charge in [0.15, 0.2) is 0 Å². The average molecular weight is 275 g/mol. The number of nitriles is 1. The molecule has 0 aromatic heterocycles. The number of thioether (sulfide) groups is 1. The van der Waals surface area contributed by atoms with Crippen LogP contribution >= 0.6 is 11.8 Å². The molecule has 0 amide bonds. The van der Waals surface area contributed by atoms with E-state index >= 15 is 0 Å². The van der Waals surface area contributed by atoms with Crippen molar-refractivity contribution < 1.29 is 18.3 Å². The molecule has 2 nitrogen and oxygen atoms in total. The topological polar surface area (TPSA) is 44.0 Å². The lowest BCUT2D eigenvalue weighted by Crippen LogP contribution is -2.09. The molecule has 18 heavy (non-hydrogen) atoms. The van der Waals surface area contributed by atoms with Gasteiger partial charge in [0, 0.05) is 4.90 Å². The van der Waals surface area contributed by atoms with E-state index in [4.69, 9.17) is 5.26 Å². The zero-order valence-corrected chi connectivity index (χ0v) is 10.4. The molecule has 0 fully saturated rings. The Bertz CT molecular complexity index is 424. The van der Waals surface area contributed by atoms with Gasteiger partial charge in [0.1, 0.15) is 0 Å². The first-order chi connectivity index (χ1) is 8.37. The number of nitrogens with zero attached hydrogens (tertiary/aromatic N) is 1. The van der Waals surface area contributed by atoms with E-state index in [9.17, 15) is 18.3 Å². The van der Waals surface area contributed by atoms with E-state index in [1.165, 1.54) is 24.3 Å². The van der Waals surface area contributed by atoms with Crippen molar-refractivity contribution in [1.29, 1.82) is 5.26 Å². The molecule has 0 bridgehead atoms. The van der Waals surface area contributed by atoms with Crippen molar-refractivity contribution >= 4 is 11.8 Å². The smallest absolute Gasteiger partial charge is 0.387 e. The number of rotatable bonds is 4. The monoisotopic (exact) mass is 275 g/mol. The Hall–Kier alpha value is -1.19. The minimum absolute atomic E-state index is 0.0588. The van der Waals surface area contributed by atoms with Gasteiger partial charge in [-0.2, -0.15) is 18.4 Å². The third-order valence-electron chi connectivity index (χ3n) is 2.44. The Morgan fingerprint density at radius 3 is 2.28 bits per heavy atom. The quantitative estimate of drug-likeness (QED) is 0.848. The standard InChI is InChI=1S/C12H12F3NOS/c1-2-8(7-16)11(17)9-3-5-10(6-4-9)18-12(13,14)15/h3-6,8,11,17H,2H2,1H3. The second-order valence-electron chi connectivity index (χ2n) is 3.71. The number of halogens is 3. The van der Waals surface area contributed by atoms with Gasteiger partial charge in [-0.3, -0.25) is 0 Å². The normalized spacial score (nSPS) is 14.9. The molecule has 1 N–H and O–H groups in total. The molecule has 0 aliphatic carbocycles. The van der Waals surface area contributed by atoms with Crippen molar-refractivity contribution in [3.8, 4) is 6.07 Å². The minimum Gasteiger partial charge on any atom is -0.387 e. The molecule has 1 rings (SSSR count). The maximum Gasteiger partial charge on any atom is 0.446 e. The van der Waals surface area contributed by atoms with Crippen LogP contribution in [0.1, 0.15) is 25.0 Å². The summed E-state index contributed by atoms with van der Waals surface area (Å²) in [5.41, 5.74) is -3.87. The van der Waals surface area contributed by atoms with E-state index in [-0.39, 0.29) is 16.7 Å². The van der Waals surface area contributed by atoms with Crippen LogP contribution in [0.3, 0.4) is 0 Å². The van der Waals surface area contributed by atoms with Crippen LogP contribution in [0.5, 0.6) is 0 Å². The van der Waals surface area contributed by atoms with Gasteiger partial charge in [-0.25, -0.2) is 0 Å². The number of aliphatic hydroxyl groups is 1. The highest BCUT2D eigenvalue weighted by molar-refractivity contribution is 8.00. The fourth-order valence-electron chi connectivity index (χ4n) is 1.48. The fraction of sp³-hybridized carbons (Fsp3) is 0.417. The first kappa shape index (κ1) is 14.9. The highest BCUT2D eigenvalue weighted by Crippen LogP contribution is 2.37. The number of hydrogen-bond donors (Lipinski definition) is 1. The Kier molecular flexibility index (Phi) is 5.05. The highest BCUT2D eigenvalue weighted by atomic mass is 32.2. The lowest BCUT2D eigenvalue weighted by Gasteiger charge is -2.15. The van der Waals surface area contributed by atoms with Crippen LogP contribution in [0.15, 0.2) is 29.2 Å². The van der Waals surface area contributed by atoms with Gasteiger partial charge in [-0.05, 0) is 35.9 Å². The molecule has 6 heteroatoms. The summed E-state index contributed by atoms with van der Waals surface area (Å²) in [6.07, 6.45) is -0.485. The summed E-state index contributed by atoms with van der Waals surface area (Å²) in [6.45, 7) is 1.77. The van der Waals surface area contributed by atoms with Crippen molar-refractivity contribution in [3.05, 3.63) is 29.8 Å². The Morgan fingerprint density at radius 2 is 1.89 bits per heavy atom. The minimum atomic E-state index is -4.32. The van der Waals surface area contributed by atoms with Crippen LogP contribution < -0.4 is 0 Å². The molecule has 0 saturated carbocycles. The summed E-state index contributed by atoms with van der Waals surface area (Å²) in [5.74, 6) is -0.550. The fourth-order valence-corrected chi connectivity index (χ4v) is 2.02. The van der Waals surface area contributed by atoms with Crippen LogP contribution in [-0.4, -0.2) is 10.6 Å². The number of hydrogen-bond acceptors (Lipinski definition) is 3. The highest BCUT2D eigenvalue weighted by Gasteiger charge is 2.29. The van der Waals surface area contributed by atoms with E-state index in [2.05, 4.69) is 0 Å². The number of benzene rings is 1. The summed E-state index contributed by atoms with van der Waals surface area (Å²) in [4.78, 5) is 0.0588. The molecule has 1 aromatic rings. The summed E-state index contributed by atoms with van der Waals surface area (Å²) in [6, 6.07) is 7.38. The summed E-state index contributed by atoms with van der Waals surface area (Å²) < 4.78 is 36.3. The molecule has 2 unspecified atom stereocenters. The van der Waals surface area contributed by atoms with Gasteiger partial charge >= 0.3 is 5.51 Å². The lowest BCUT2D eigenvalue weighted by atomic mass is 9.95. The van der Waals surface area contributed by atoms with Gasteiger partial charge in [-0.1, -0.05) is 19.1 Å². The Balaban J connectivity index is 2.80. The van der Waals surface area contributed by atoms with Crippen LogP contribution in [0, 0.1) is 17.2 Å². The molecule has 0 spiro atoms. The lowest BCUT2D eigenvalue weighted by molar-refractivity contribution is -0.0328. The summed E-state index contributed by atoms with van der Waals surface area (Å²) >= 11 is -0.206. The Morgan fingerprint density at radius 1 is 1.33 bits per heavy atom. The predicted octanol–water partition coefficient (Wildman–Crippen LogP) is 3.88. The first-order valence-electron chi connectivity index (χ1n) is 5.30. The van der Waals surface area contributed by atoms with Gasteiger partial charge in [0.25, 0.3) is 0 Å². The number of aliphatic hydroxyl groups excluding tert-OH is 1. The molecule has 2 atom stereocenters. The largest absolute Gasteiger partial charge is 0.446 e. The summed E-state index contributed by atoms with van der Waals surface area (Å²) in [7, 11) is 0. The zero-order chi connectivity index (χ0) is 13.8. The zero-order valence-electron chi connectivity index (χ0n) is 9.61. The molecule has 0 aliphatic heterocycles. The van der Waals surface area contributed by atoms with Gasteiger partial charge < -0.3 is 5.11 Å². The average Bonchev–Trinajstić information content (AvgIpc) is 2.29. The van der Waals surface area contributed by atoms with Crippen molar-refractivity contribution in [2.75, 3.05) is 0 Å². The maximum atomic E-state index is 12.1. The molecule has 98 valence electrons. The molecule has 0 radical (unpaired) electrons. The Labute approximate surface area is 107 Å². The van der Waals surface area contributed by atoms with Crippen LogP contribution in [0.2, 0.25) is 0 Å². The third kappa shape index (κ3) is 4.24. The van der Waals surface area contributed by atoms with E-state index in [1.807, 2.05) is 6.07 Å². The van der Waals surface area contributed by atoms with Crippen LogP contribution in [0.4, 0.5) is 13.2 Å². The molecule has 0 heterocycles. The molecule has 0 saturated heterocycles. The van der Waals surface area contributed by atoms with Crippen LogP contribution in [0.25, 0.3) is 0 Å². The molecule has 0 aliphatic rings. The SMILES string of the molecule is CCC(C#N)C(O)c1ccc(SC(F)(F)F)cc1. The van der Waals surface area contributed by atoms with Crippen LogP contribution in [-0.2, 0) is 0 Å². The second-order valence-corrected chi connectivity index (χ2v) is 4.84. The summed E-state index contributed by atoms with van der Waals surface area (Å²) in [5, 5.41) is 18.7. The van der Waals surface area contributed by atoms with Crippen molar-refractivity contribution in [2.24, 2.45) is 5.92 Å². The van der Waals surface area contributed by atoms with Gasteiger partial charge in [0.2, 0.25) is 0 Å². The maximum absolute atomic E-state index is 12.1. The van der Waals surface area contributed by atoms with E-state index in [0.717, 1.165) is 0 Å². The van der Waals surface area contributed by atoms with Crippen molar-refractivity contribution in [1.82, 2.24) is 0 Å². The molecule has 1 aromatic carbocycles. The number of alkyl halides is 3. The van der Waals surface area contributed by atoms with E-state index < -0.39 is 17.5 Å². The van der Waals surface area contributed by atoms with Gasteiger partial charge in [-0.15, -0.1) is 0 Å². The van der Waals surface area contributed by atoms with E-state index in [1.54, 1.807) is 6.92 Å². The molecular weight excluding hydrogens is 263 g/mol. The van der Waals surface area contributed by atoms with E-state index in [0.29, 0.717) is 12.0 Å². The molecular formula is C12H12F3NOS. The third-order valence-corrected chi connectivity index (χ3v) is 3.18. The van der Waals surface area contributed by atoms with Crippen molar-refractivity contribution in [3.63, 3.8) is 0 Å². The second kappa shape index (κ2) is 6.12. The predicted molar refractivity (Wildman–Crippen MR) is 62.7 cm³/mol. The van der Waals surface area contributed by atoms with Crippen molar-refractivity contribution in [2.45, 2.75) is 29.9 Å². The first-order valence-corrected chi connectivity index (χ1v) is 6.12. The van der Waals surface area contributed by atoms with Gasteiger partial charge in [0.05, 0.1) is 18.1 Å².